The summed E-state index contributed by atoms with van der Waals surface area (Å²) in [5.41, 5.74) is -1.00. The molecule has 86 valence electrons. The lowest BCUT2D eigenvalue weighted by Crippen LogP contribution is -2.03. The number of halogens is 3. The molecule has 0 atom stereocenters. The molecule has 0 saturated carbocycles. The second kappa shape index (κ2) is 4.99. The van der Waals surface area contributed by atoms with E-state index in [0.29, 0.717) is 0 Å². The SMILES string of the molecule is O=C(CBr)c1cc(Cl)c(Cl)c([N+](=O)[O-])c1O. The van der Waals surface area contributed by atoms with E-state index >= 15 is 0 Å². The van der Waals surface area contributed by atoms with Crippen LogP contribution in [0, 0.1) is 10.1 Å². The van der Waals surface area contributed by atoms with Gasteiger partial charge < -0.3 is 5.11 Å². The first-order valence-corrected chi connectivity index (χ1v) is 5.72. The number of aromatic hydroxyl groups is 1. The number of alkyl halides is 1. The van der Waals surface area contributed by atoms with Gasteiger partial charge in [-0.2, -0.15) is 0 Å². The van der Waals surface area contributed by atoms with Gasteiger partial charge in [0, 0.05) is 0 Å². The third kappa shape index (κ3) is 2.28. The monoisotopic (exact) mass is 327 g/mol. The molecule has 0 saturated heterocycles. The van der Waals surface area contributed by atoms with Crippen LogP contribution in [0.1, 0.15) is 10.4 Å². The molecule has 0 amide bonds. The molecule has 0 spiro atoms. The lowest BCUT2D eigenvalue weighted by molar-refractivity contribution is -0.385. The minimum atomic E-state index is -0.894. The van der Waals surface area contributed by atoms with Crippen molar-refractivity contribution in [3.63, 3.8) is 0 Å². The van der Waals surface area contributed by atoms with Gasteiger partial charge in [0.15, 0.2) is 5.78 Å². The Morgan fingerprint density at radius 1 is 1.56 bits per heavy atom. The maximum absolute atomic E-state index is 11.3. The fraction of sp³-hybridized carbons (Fsp3) is 0.125. The zero-order valence-corrected chi connectivity index (χ0v) is 10.6. The second-order valence-electron chi connectivity index (χ2n) is 2.73. The number of hydrogen-bond acceptors (Lipinski definition) is 4. The molecular weight excluding hydrogens is 325 g/mol. The van der Waals surface area contributed by atoms with Crippen LogP contribution in [0.2, 0.25) is 10.0 Å². The molecule has 8 heteroatoms. The normalized spacial score (nSPS) is 10.2. The highest BCUT2D eigenvalue weighted by molar-refractivity contribution is 9.09. The summed E-state index contributed by atoms with van der Waals surface area (Å²) in [6.45, 7) is 0. The van der Waals surface area contributed by atoms with E-state index < -0.39 is 27.2 Å². The number of nitrogens with zero attached hydrogens (tertiary/aromatic N) is 1. The standard InChI is InChI=1S/C8H4BrCl2NO4/c9-2-5(13)3-1-4(10)6(11)7(8(3)14)12(15)16/h1,14H,2H2. The molecule has 16 heavy (non-hydrogen) atoms. The molecule has 1 aromatic carbocycles. The first-order valence-electron chi connectivity index (χ1n) is 3.84. The predicted octanol–water partition coefficient (Wildman–Crippen LogP) is 3.18. The number of phenols is 1. The Balaban J connectivity index is 3.56. The predicted molar refractivity (Wildman–Crippen MR) is 62.9 cm³/mol. The lowest BCUT2D eigenvalue weighted by atomic mass is 10.1. The summed E-state index contributed by atoms with van der Waals surface area (Å²) in [6, 6.07) is 1.09. The molecule has 0 aliphatic rings. The van der Waals surface area contributed by atoms with Gasteiger partial charge in [0.05, 0.1) is 20.8 Å². The summed E-state index contributed by atoms with van der Waals surface area (Å²) in [5, 5.41) is 19.5. The average molecular weight is 329 g/mol. The van der Waals surface area contributed by atoms with Crippen molar-refractivity contribution >= 4 is 50.6 Å². The molecular formula is C8H4BrCl2NO4. The van der Waals surface area contributed by atoms with Crippen molar-refractivity contribution < 1.29 is 14.8 Å². The van der Waals surface area contributed by atoms with E-state index in [9.17, 15) is 20.0 Å². The maximum Gasteiger partial charge on any atom is 0.331 e. The van der Waals surface area contributed by atoms with Gasteiger partial charge in [-0.25, -0.2) is 0 Å². The van der Waals surface area contributed by atoms with Gasteiger partial charge in [-0.15, -0.1) is 0 Å². The van der Waals surface area contributed by atoms with Crippen molar-refractivity contribution in [2.75, 3.05) is 5.33 Å². The molecule has 0 aromatic heterocycles. The van der Waals surface area contributed by atoms with Gasteiger partial charge in [0.25, 0.3) is 0 Å². The van der Waals surface area contributed by atoms with Crippen LogP contribution in [0.15, 0.2) is 6.07 Å². The van der Waals surface area contributed by atoms with Crippen molar-refractivity contribution in [3.8, 4) is 5.75 Å². The van der Waals surface area contributed by atoms with Crippen LogP contribution < -0.4 is 0 Å². The lowest BCUT2D eigenvalue weighted by Gasteiger charge is -2.05. The van der Waals surface area contributed by atoms with Crippen molar-refractivity contribution in [1.29, 1.82) is 0 Å². The van der Waals surface area contributed by atoms with Gasteiger partial charge >= 0.3 is 5.69 Å². The van der Waals surface area contributed by atoms with Crippen LogP contribution in [-0.2, 0) is 0 Å². The Kier molecular flexibility index (Phi) is 4.12. The molecule has 0 fully saturated rings. The smallest absolute Gasteiger partial charge is 0.331 e. The summed E-state index contributed by atoms with van der Waals surface area (Å²) in [6.07, 6.45) is 0. The molecule has 0 heterocycles. The molecule has 0 aliphatic carbocycles. The highest BCUT2D eigenvalue weighted by atomic mass is 79.9. The highest BCUT2D eigenvalue weighted by Crippen LogP contribution is 2.41. The molecule has 0 radical (unpaired) electrons. The summed E-state index contributed by atoms with van der Waals surface area (Å²) in [7, 11) is 0. The van der Waals surface area contributed by atoms with Gasteiger partial charge in [-0.05, 0) is 6.07 Å². The first kappa shape index (κ1) is 13.2. The number of nitro benzene ring substituents is 1. The molecule has 0 aliphatic heterocycles. The quantitative estimate of drug-likeness (QED) is 0.400. The Hall–Kier alpha value is -0.850. The fourth-order valence-corrected chi connectivity index (χ4v) is 1.77. The first-order chi connectivity index (χ1) is 7.40. The van der Waals surface area contributed by atoms with E-state index in [0.717, 1.165) is 6.07 Å². The molecule has 0 bridgehead atoms. The van der Waals surface area contributed by atoms with Crippen molar-refractivity contribution in [2.45, 2.75) is 0 Å². The number of benzene rings is 1. The van der Waals surface area contributed by atoms with Crippen LogP contribution in [0.3, 0.4) is 0 Å². The summed E-state index contributed by atoms with van der Waals surface area (Å²) < 4.78 is 0. The Bertz CT molecular complexity index is 478. The van der Waals surface area contributed by atoms with E-state index in [-0.39, 0.29) is 15.9 Å². The van der Waals surface area contributed by atoms with E-state index in [4.69, 9.17) is 23.2 Å². The minimum Gasteiger partial charge on any atom is -0.502 e. The van der Waals surface area contributed by atoms with E-state index in [2.05, 4.69) is 15.9 Å². The van der Waals surface area contributed by atoms with E-state index in [1.807, 2.05) is 0 Å². The van der Waals surface area contributed by atoms with Crippen molar-refractivity contribution in [2.24, 2.45) is 0 Å². The zero-order valence-electron chi connectivity index (χ0n) is 7.54. The van der Waals surface area contributed by atoms with Gasteiger partial charge in [0.2, 0.25) is 5.75 Å². The number of ketones is 1. The third-order valence-electron chi connectivity index (χ3n) is 1.77. The zero-order chi connectivity index (χ0) is 12.5. The Morgan fingerprint density at radius 3 is 2.56 bits per heavy atom. The Labute approximate surface area is 108 Å². The van der Waals surface area contributed by atoms with Crippen LogP contribution in [0.25, 0.3) is 0 Å². The average Bonchev–Trinajstić information content (AvgIpc) is 2.22. The second-order valence-corrected chi connectivity index (χ2v) is 4.08. The summed E-state index contributed by atoms with van der Waals surface area (Å²) >= 11 is 14.1. The topological polar surface area (TPSA) is 80.4 Å². The van der Waals surface area contributed by atoms with E-state index in [1.165, 1.54) is 0 Å². The van der Waals surface area contributed by atoms with Crippen LogP contribution in [0.5, 0.6) is 5.75 Å². The van der Waals surface area contributed by atoms with Gasteiger partial charge in [-0.1, -0.05) is 39.1 Å². The van der Waals surface area contributed by atoms with Crippen LogP contribution in [-0.4, -0.2) is 21.1 Å². The van der Waals surface area contributed by atoms with Crippen LogP contribution >= 0.6 is 39.1 Å². The third-order valence-corrected chi connectivity index (χ3v) is 3.06. The van der Waals surface area contributed by atoms with Crippen molar-refractivity contribution in [1.82, 2.24) is 0 Å². The van der Waals surface area contributed by atoms with Crippen LogP contribution in [0.4, 0.5) is 5.69 Å². The van der Waals surface area contributed by atoms with Gasteiger partial charge in [-0.3, -0.25) is 14.9 Å². The van der Waals surface area contributed by atoms with Crippen molar-refractivity contribution in [3.05, 3.63) is 31.8 Å². The Morgan fingerprint density at radius 2 is 2.12 bits per heavy atom. The number of Topliss-reactive ketones (excluding diaryl/α,β-unsaturated/α-hetero) is 1. The number of carbonyl (C=O) groups excluding carboxylic acids is 1. The largest absolute Gasteiger partial charge is 0.502 e. The number of carbonyl (C=O) groups is 1. The molecule has 0 unspecified atom stereocenters. The minimum absolute atomic E-state index is 0.0876. The number of nitro groups is 1. The number of hydrogen-bond donors (Lipinski definition) is 1. The summed E-state index contributed by atoms with van der Waals surface area (Å²) in [4.78, 5) is 21.1. The molecule has 5 nitrogen and oxygen atoms in total. The maximum atomic E-state index is 11.3. The van der Waals surface area contributed by atoms with Gasteiger partial charge in [0.1, 0.15) is 5.02 Å². The molecule has 1 N–H and O–H groups in total. The molecule has 1 rings (SSSR count). The number of phenolic OH excluding ortho intramolecular Hbond substituents is 1. The highest BCUT2D eigenvalue weighted by Gasteiger charge is 2.27. The fourth-order valence-electron chi connectivity index (χ4n) is 1.05. The molecule has 1 aromatic rings. The summed E-state index contributed by atoms with van der Waals surface area (Å²) in [5.74, 6) is -1.30. The number of rotatable bonds is 3. The van der Waals surface area contributed by atoms with E-state index in [1.54, 1.807) is 0 Å².